The quantitative estimate of drug-likeness (QED) is 0.279. The van der Waals surface area contributed by atoms with Crippen molar-refractivity contribution in [3.05, 3.63) is 12.2 Å². The van der Waals surface area contributed by atoms with E-state index in [0.717, 1.165) is 25.0 Å². The summed E-state index contributed by atoms with van der Waals surface area (Å²) in [4.78, 5) is 22.1. The van der Waals surface area contributed by atoms with Crippen LogP contribution in [0.2, 0.25) is 0 Å². The molecule has 1 atom stereocenters. The summed E-state index contributed by atoms with van der Waals surface area (Å²) in [6, 6.07) is 0. The monoisotopic (exact) mass is 228 g/mol. The van der Waals surface area contributed by atoms with Gasteiger partial charge in [-0.1, -0.05) is 13.3 Å². The molecule has 0 bridgehead atoms. The Morgan fingerprint density at radius 2 is 1.94 bits per heavy atom. The Morgan fingerprint density at radius 3 is 2.50 bits per heavy atom. The molecule has 5 nitrogen and oxygen atoms in total. The van der Waals surface area contributed by atoms with E-state index in [9.17, 15) is 9.59 Å². The summed E-state index contributed by atoms with van der Waals surface area (Å²) in [6.07, 6.45) is 3.96. The molecular weight excluding hydrogens is 212 g/mol. The lowest BCUT2D eigenvalue weighted by atomic mass is 10.4. The molecule has 90 valence electrons. The Hall–Kier alpha value is -1.36. The summed E-state index contributed by atoms with van der Waals surface area (Å²) in [5.74, 6) is -1.07. The standard InChI is InChI=1S/C11H16O5/c1-2-3-6-14-10(12)4-5-11(13)16-8-9-7-15-9/h4-5,9H,2-3,6-8H2,1H3. The molecule has 16 heavy (non-hydrogen) atoms. The van der Waals surface area contributed by atoms with E-state index in [1.165, 1.54) is 0 Å². The first kappa shape index (κ1) is 12.7. The van der Waals surface area contributed by atoms with E-state index in [-0.39, 0.29) is 12.7 Å². The van der Waals surface area contributed by atoms with Gasteiger partial charge in [0.05, 0.1) is 13.2 Å². The van der Waals surface area contributed by atoms with Gasteiger partial charge in [-0.15, -0.1) is 0 Å². The molecule has 0 spiro atoms. The first-order chi connectivity index (χ1) is 7.72. The smallest absolute Gasteiger partial charge is 0.331 e. The third-order valence-corrected chi connectivity index (χ3v) is 1.91. The van der Waals surface area contributed by atoms with E-state index >= 15 is 0 Å². The molecule has 1 aliphatic heterocycles. The maximum Gasteiger partial charge on any atom is 0.331 e. The summed E-state index contributed by atoms with van der Waals surface area (Å²) < 4.78 is 14.5. The van der Waals surface area contributed by atoms with Crippen molar-refractivity contribution < 1.29 is 23.8 Å². The number of esters is 2. The van der Waals surface area contributed by atoms with Gasteiger partial charge in [-0.05, 0) is 6.42 Å². The van der Waals surface area contributed by atoms with E-state index in [1.807, 2.05) is 6.92 Å². The normalized spacial score (nSPS) is 18.4. The number of carbonyl (C=O) groups excluding carboxylic acids is 2. The summed E-state index contributed by atoms with van der Waals surface area (Å²) in [5, 5.41) is 0. The van der Waals surface area contributed by atoms with Crippen LogP contribution in [0.15, 0.2) is 12.2 Å². The van der Waals surface area contributed by atoms with Crippen LogP contribution in [0.25, 0.3) is 0 Å². The Bertz CT molecular complexity index is 268. The first-order valence-electron chi connectivity index (χ1n) is 5.35. The lowest BCUT2D eigenvalue weighted by Crippen LogP contribution is -2.08. The minimum Gasteiger partial charge on any atom is -0.463 e. The van der Waals surface area contributed by atoms with E-state index in [4.69, 9.17) is 14.2 Å². The molecule has 0 aromatic carbocycles. The van der Waals surface area contributed by atoms with Crippen molar-refractivity contribution in [2.75, 3.05) is 19.8 Å². The van der Waals surface area contributed by atoms with Crippen molar-refractivity contribution >= 4 is 11.9 Å². The summed E-state index contributed by atoms with van der Waals surface area (Å²) in [5.41, 5.74) is 0. The summed E-state index contributed by atoms with van der Waals surface area (Å²) in [7, 11) is 0. The molecule has 1 fully saturated rings. The van der Waals surface area contributed by atoms with Gasteiger partial charge in [0.1, 0.15) is 12.7 Å². The van der Waals surface area contributed by atoms with Crippen molar-refractivity contribution in [2.24, 2.45) is 0 Å². The lowest BCUT2D eigenvalue weighted by molar-refractivity contribution is -0.140. The molecule has 0 aromatic rings. The molecular formula is C11H16O5. The third-order valence-electron chi connectivity index (χ3n) is 1.91. The van der Waals surface area contributed by atoms with Gasteiger partial charge in [0.25, 0.3) is 0 Å². The highest BCUT2D eigenvalue weighted by Gasteiger charge is 2.23. The molecule has 0 radical (unpaired) electrons. The molecule has 0 saturated carbocycles. The number of carbonyl (C=O) groups is 2. The molecule has 0 N–H and O–H groups in total. The largest absolute Gasteiger partial charge is 0.463 e. The summed E-state index contributed by atoms with van der Waals surface area (Å²) in [6.45, 7) is 3.26. The fourth-order valence-electron chi connectivity index (χ4n) is 0.889. The fraction of sp³-hybridized carbons (Fsp3) is 0.636. The highest BCUT2D eigenvalue weighted by molar-refractivity contribution is 5.91. The van der Waals surface area contributed by atoms with Gasteiger partial charge in [-0.25, -0.2) is 9.59 Å². The van der Waals surface area contributed by atoms with E-state index < -0.39 is 11.9 Å². The van der Waals surface area contributed by atoms with Crippen LogP contribution in [0.5, 0.6) is 0 Å². The van der Waals surface area contributed by atoms with Crippen LogP contribution < -0.4 is 0 Å². The average Bonchev–Trinajstić information content (AvgIpc) is 3.08. The Labute approximate surface area is 94.4 Å². The molecule has 1 rings (SSSR count). The number of hydrogen-bond donors (Lipinski definition) is 0. The van der Waals surface area contributed by atoms with Crippen LogP contribution in [0.1, 0.15) is 19.8 Å². The first-order valence-corrected chi connectivity index (χ1v) is 5.35. The van der Waals surface area contributed by atoms with Crippen molar-refractivity contribution in [1.29, 1.82) is 0 Å². The average molecular weight is 228 g/mol. The van der Waals surface area contributed by atoms with Crippen molar-refractivity contribution in [2.45, 2.75) is 25.9 Å². The molecule has 0 aromatic heterocycles. The molecule has 1 unspecified atom stereocenters. The van der Waals surface area contributed by atoms with E-state index in [0.29, 0.717) is 13.2 Å². The van der Waals surface area contributed by atoms with Crippen LogP contribution in [0, 0.1) is 0 Å². The van der Waals surface area contributed by atoms with Gasteiger partial charge in [-0.2, -0.15) is 0 Å². The zero-order valence-electron chi connectivity index (χ0n) is 9.31. The predicted octanol–water partition coefficient (Wildman–Crippen LogP) is 0.828. The topological polar surface area (TPSA) is 65.1 Å². The van der Waals surface area contributed by atoms with Crippen molar-refractivity contribution in [3.8, 4) is 0 Å². The minimum absolute atomic E-state index is 0.0360. The van der Waals surface area contributed by atoms with E-state index in [1.54, 1.807) is 0 Å². The fourth-order valence-corrected chi connectivity index (χ4v) is 0.889. The van der Waals surface area contributed by atoms with Gasteiger partial charge in [-0.3, -0.25) is 0 Å². The highest BCUT2D eigenvalue weighted by Crippen LogP contribution is 2.08. The van der Waals surface area contributed by atoms with Gasteiger partial charge < -0.3 is 14.2 Å². The van der Waals surface area contributed by atoms with Crippen LogP contribution in [0.4, 0.5) is 0 Å². The molecule has 1 heterocycles. The highest BCUT2D eigenvalue weighted by atomic mass is 16.6. The van der Waals surface area contributed by atoms with Gasteiger partial charge in [0.15, 0.2) is 0 Å². The van der Waals surface area contributed by atoms with Crippen molar-refractivity contribution in [3.63, 3.8) is 0 Å². The molecule has 1 aliphatic rings. The van der Waals surface area contributed by atoms with Crippen LogP contribution in [-0.4, -0.2) is 37.9 Å². The maximum atomic E-state index is 11.0. The SMILES string of the molecule is CCCCOC(=O)C=CC(=O)OCC1CO1. The number of ether oxygens (including phenoxy) is 3. The predicted molar refractivity (Wildman–Crippen MR) is 55.7 cm³/mol. The Kier molecular flexibility index (Phi) is 5.56. The molecule has 0 aliphatic carbocycles. The number of unbranched alkanes of at least 4 members (excludes halogenated alkanes) is 1. The van der Waals surface area contributed by atoms with Gasteiger partial charge in [0, 0.05) is 12.2 Å². The van der Waals surface area contributed by atoms with Crippen molar-refractivity contribution in [1.82, 2.24) is 0 Å². The van der Waals surface area contributed by atoms with Crippen LogP contribution >= 0.6 is 0 Å². The zero-order chi connectivity index (χ0) is 11.8. The number of rotatable bonds is 7. The maximum absolute atomic E-state index is 11.0. The van der Waals surface area contributed by atoms with Crippen LogP contribution in [-0.2, 0) is 23.8 Å². The van der Waals surface area contributed by atoms with Crippen LogP contribution in [0.3, 0.4) is 0 Å². The second-order valence-electron chi connectivity index (χ2n) is 3.44. The van der Waals surface area contributed by atoms with Gasteiger partial charge in [0.2, 0.25) is 0 Å². The summed E-state index contributed by atoms with van der Waals surface area (Å²) >= 11 is 0. The lowest BCUT2D eigenvalue weighted by Gasteiger charge is -1.99. The molecule has 5 heteroatoms. The second kappa shape index (κ2) is 7.00. The van der Waals surface area contributed by atoms with Gasteiger partial charge >= 0.3 is 11.9 Å². The Balaban J connectivity index is 2.07. The minimum atomic E-state index is -0.553. The number of hydrogen-bond acceptors (Lipinski definition) is 5. The zero-order valence-corrected chi connectivity index (χ0v) is 9.31. The Morgan fingerprint density at radius 1 is 1.31 bits per heavy atom. The van der Waals surface area contributed by atoms with E-state index in [2.05, 4.69) is 0 Å². The third kappa shape index (κ3) is 6.19. The number of epoxide rings is 1. The second-order valence-corrected chi connectivity index (χ2v) is 3.44. The molecule has 1 saturated heterocycles. The molecule has 0 amide bonds.